The minimum atomic E-state index is 0.0202. The molecule has 0 rings (SSSR count). The molecule has 0 aliphatic rings. The Labute approximate surface area is 85.6 Å². The van der Waals surface area contributed by atoms with Gasteiger partial charge in [0.1, 0.15) is 5.84 Å². The van der Waals surface area contributed by atoms with Gasteiger partial charge in [0.2, 0.25) is 0 Å². The van der Waals surface area contributed by atoms with Crippen molar-refractivity contribution in [3.8, 4) is 12.3 Å². The Hall–Kier alpha value is -1.21. The second-order valence-corrected chi connectivity index (χ2v) is 3.35. The van der Waals surface area contributed by atoms with Crippen molar-refractivity contribution in [2.24, 2.45) is 16.8 Å². The van der Waals surface area contributed by atoms with Crippen LogP contribution in [-0.4, -0.2) is 23.6 Å². The van der Waals surface area contributed by atoms with Crippen molar-refractivity contribution in [3.05, 3.63) is 0 Å². The standard InChI is InChI=1S/C10H19N3O/c1-4-6-9(5-2)12-7-8(3)10(11)13-14/h1,8-9,12,14H,5-7H2,2-3H3,(H2,11,13). The molecule has 0 amide bonds. The van der Waals surface area contributed by atoms with Crippen LogP contribution in [0.3, 0.4) is 0 Å². The molecule has 0 aromatic carbocycles. The summed E-state index contributed by atoms with van der Waals surface area (Å²) in [6.07, 6.45) is 6.91. The average Bonchev–Trinajstić information content (AvgIpc) is 2.22. The van der Waals surface area contributed by atoms with Crippen molar-refractivity contribution in [1.82, 2.24) is 5.32 Å². The van der Waals surface area contributed by atoms with Crippen LogP contribution in [0.25, 0.3) is 0 Å². The lowest BCUT2D eigenvalue weighted by Gasteiger charge is -2.17. The summed E-state index contributed by atoms with van der Waals surface area (Å²) in [6, 6.07) is 0.314. The summed E-state index contributed by atoms with van der Waals surface area (Å²) in [7, 11) is 0. The van der Waals surface area contributed by atoms with Crippen LogP contribution in [0.2, 0.25) is 0 Å². The van der Waals surface area contributed by atoms with Gasteiger partial charge in [-0.3, -0.25) is 0 Å². The van der Waals surface area contributed by atoms with Crippen molar-refractivity contribution >= 4 is 5.84 Å². The summed E-state index contributed by atoms with van der Waals surface area (Å²) in [5.41, 5.74) is 5.44. The van der Waals surface area contributed by atoms with Gasteiger partial charge in [0.25, 0.3) is 0 Å². The summed E-state index contributed by atoms with van der Waals surface area (Å²) in [4.78, 5) is 0. The lowest BCUT2D eigenvalue weighted by molar-refractivity contribution is 0.313. The highest BCUT2D eigenvalue weighted by Crippen LogP contribution is 1.99. The molecule has 0 spiro atoms. The van der Waals surface area contributed by atoms with E-state index >= 15 is 0 Å². The highest BCUT2D eigenvalue weighted by atomic mass is 16.4. The molecule has 2 atom stereocenters. The molecule has 0 bridgehead atoms. The molecule has 4 nitrogen and oxygen atoms in total. The number of terminal acetylenes is 1. The van der Waals surface area contributed by atoms with E-state index in [1.807, 2.05) is 6.92 Å². The SMILES string of the molecule is C#CCC(CC)NCC(C)C(N)=NO. The van der Waals surface area contributed by atoms with Crippen LogP contribution >= 0.6 is 0 Å². The third-order valence-electron chi connectivity index (χ3n) is 2.19. The smallest absolute Gasteiger partial charge is 0.143 e. The summed E-state index contributed by atoms with van der Waals surface area (Å²) in [6.45, 7) is 4.64. The second kappa shape index (κ2) is 7.22. The fourth-order valence-corrected chi connectivity index (χ4v) is 1.05. The van der Waals surface area contributed by atoms with Gasteiger partial charge in [0.15, 0.2) is 0 Å². The van der Waals surface area contributed by atoms with Gasteiger partial charge >= 0.3 is 0 Å². The highest BCUT2D eigenvalue weighted by Gasteiger charge is 2.10. The first-order valence-electron chi connectivity index (χ1n) is 4.79. The largest absolute Gasteiger partial charge is 0.409 e. The number of hydrogen-bond acceptors (Lipinski definition) is 3. The molecule has 0 aliphatic carbocycles. The molecule has 2 unspecified atom stereocenters. The normalized spacial score (nSPS) is 15.9. The van der Waals surface area contributed by atoms with E-state index in [1.165, 1.54) is 0 Å². The average molecular weight is 197 g/mol. The Balaban J connectivity index is 3.86. The number of nitrogens with zero attached hydrogens (tertiary/aromatic N) is 1. The first kappa shape index (κ1) is 12.8. The van der Waals surface area contributed by atoms with E-state index in [2.05, 4.69) is 23.3 Å². The van der Waals surface area contributed by atoms with Crippen LogP contribution in [0.4, 0.5) is 0 Å². The Morgan fingerprint density at radius 2 is 2.36 bits per heavy atom. The Bertz CT molecular complexity index is 220. The van der Waals surface area contributed by atoms with Crippen LogP contribution < -0.4 is 11.1 Å². The molecule has 14 heavy (non-hydrogen) atoms. The first-order valence-corrected chi connectivity index (χ1v) is 4.79. The molecule has 0 saturated carbocycles. The Morgan fingerprint density at radius 3 is 2.79 bits per heavy atom. The van der Waals surface area contributed by atoms with Crippen LogP contribution in [0.1, 0.15) is 26.7 Å². The minimum absolute atomic E-state index is 0.0202. The quantitative estimate of drug-likeness (QED) is 0.193. The predicted molar refractivity (Wildman–Crippen MR) is 58.1 cm³/mol. The number of nitrogens with two attached hydrogens (primary N) is 1. The van der Waals surface area contributed by atoms with Gasteiger partial charge in [-0.25, -0.2) is 0 Å². The molecular formula is C10H19N3O. The maximum absolute atomic E-state index is 8.43. The van der Waals surface area contributed by atoms with E-state index in [-0.39, 0.29) is 11.8 Å². The Kier molecular flexibility index (Phi) is 6.59. The van der Waals surface area contributed by atoms with Gasteiger partial charge in [0.05, 0.1) is 0 Å². The fraction of sp³-hybridized carbons (Fsp3) is 0.700. The monoisotopic (exact) mass is 197 g/mol. The molecule has 0 fully saturated rings. The number of hydrogen-bond donors (Lipinski definition) is 3. The lowest BCUT2D eigenvalue weighted by Crippen LogP contribution is -2.36. The van der Waals surface area contributed by atoms with Gasteiger partial charge in [-0.2, -0.15) is 0 Å². The zero-order valence-corrected chi connectivity index (χ0v) is 8.83. The van der Waals surface area contributed by atoms with Crippen LogP contribution in [0.5, 0.6) is 0 Å². The first-order chi connectivity index (χ1) is 6.65. The summed E-state index contributed by atoms with van der Waals surface area (Å²) in [5, 5.41) is 14.7. The third-order valence-corrected chi connectivity index (χ3v) is 2.19. The molecule has 80 valence electrons. The summed E-state index contributed by atoms with van der Waals surface area (Å²) in [5.74, 6) is 2.88. The third kappa shape index (κ3) is 4.73. The van der Waals surface area contributed by atoms with Gasteiger partial charge in [0, 0.05) is 24.9 Å². The molecule has 0 aliphatic heterocycles. The molecule has 4 heteroatoms. The van der Waals surface area contributed by atoms with E-state index < -0.39 is 0 Å². The van der Waals surface area contributed by atoms with Crippen molar-refractivity contribution in [2.45, 2.75) is 32.7 Å². The van der Waals surface area contributed by atoms with Crippen molar-refractivity contribution in [3.63, 3.8) is 0 Å². The van der Waals surface area contributed by atoms with Crippen LogP contribution in [0, 0.1) is 18.3 Å². The lowest BCUT2D eigenvalue weighted by atomic mass is 10.1. The molecule has 4 N–H and O–H groups in total. The highest BCUT2D eigenvalue weighted by molar-refractivity contribution is 5.82. The van der Waals surface area contributed by atoms with Crippen molar-refractivity contribution in [2.75, 3.05) is 6.54 Å². The molecule has 0 radical (unpaired) electrons. The summed E-state index contributed by atoms with van der Waals surface area (Å²) < 4.78 is 0. The molecule has 0 saturated heterocycles. The van der Waals surface area contributed by atoms with Gasteiger partial charge in [-0.05, 0) is 6.42 Å². The fourth-order valence-electron chi connectivity index (χ4n) is 1.05. The van der Waals surface area contributed by atoms with E-state index in [4.69, 9.17) is 17.4 Å². The van der Waals surface area contributed by atoms with Gasteiger partial charge < -0.3 is 16.3 Å². The molecule has 0 heterocycles. The minimum Gasteiger partial charge on any atom is -0.409 e. The summed E-state index contributed by atoms with van der Waals surface area (Å²) >= 11 is 0. The van der Waals surface area contributed by atoms with Gasteiger partial charge in [-0.15, -0.1) is 12.3 Å². The van der Waals surface area contributed by atoms with Crippen molar-refractivity contribution in [1.29, 1.82) is 0 Å². The van der Waals surface area contributed by atoms with E-state index in [0.717, 1.165) is 6.42 Å². The molecule has 0 aromatic rings. The Morgan fingerprint density at radius 1 is 1.71 bits per heavy atom. The number of rotatable bonds is 6. The zero-order valence-electron chi connectivity index (χ0n) is 8.83. The second-order valence-electron chi connectivity index (χ2n) is 3.35. The van der Waals surface area contributed by atoms with Crippen LogP contribution in [-0.2, 0) is 0 Å². The van der Waals surface area contributed by atoms with E-state index in [9.17, 15) is 0 Å². The van der Waals surface area contributed by atoms with Crippen LogP contribution in [0.15, 0.2) is 5.16 Å². The van der Waals surface area contributed by atoms with Gasteiger partial charge in [-0.1, -0.05) is 19.0 Å². The maximum Gasteiger partial charge on any atom is 0.143 e. The van der Waals surface area contributed by atoms with Crippen molar-refractivity contribution < 1.29 is 5.21 Å². The number of nitrogens with one attached hydrogen (secondary N) is 1. The number of amidine groups is 1. The number of oxime groups is 1. The van der Waals surface area contributed by atoms with E-state index in [1.54, 1.807) is 0 Å². The van der Waals surface area contributed by atoms with E-state index in [0.29, 0.717) is 19.0 Å². The molecule has 0 aromatic heterocycles. The predicted octanol–water partition coefficient (Wildman–Crippen LogP) is 0.760. The maximum atomic E-state index is 8.43. The topological polar surface area (TPSA) is 70.6 Å². The molecular weight excluding hydrogens is 178 g/mol. The zero-order chi connectivity index (χ0) is 11.0.